The molecule has 0 bridgehead atoms. The molecule has 1 aromatic rings. The molecule has 0 amide bonds. The maximum Gasteiger partial charge on any atom is 0.126 e. The van der Waals surface area contributed by atoms with Crippen LogP contribution in [0.4, 0.5) is 4.39 Å². The monoisotopic (exact) mass is 193 g/mol. The molecular formula is C12H16FN. The second kappa shape index (κ2) is 5.55. The van der Waals surface area contributed by atoms with Crippen molar-refractivity contribution in [3.63, 3.8) is 0 Å². The van der Waals surface area contributed by atoms with Crippen LogP contribution >= 0.6 is 0 Å². The van der Waals surface area contributed by atoms with E-state index in [1.807, 2.05) is 19.2 Å². The first-order chi connectivity index (χ1) is 6.75. The van der Waals surface area contributed by atoms with Crippen molar-refractivity contribution in [1.82, 2.24) is 5.32 Å². The van der Waals surface area contributed by atoms with Crippen molar-refractivity contribution in [2.24, 2.45) is 0 Å². The van der Waals surface area contributed by atoms with Crippen LogP contribution in [0.1, 0.15) is 17.5 Å². The molecule has 0 aliphatic heterocycles. The zero-order valence-corrected chi connectivity index (χ0v) is 8.68. The summed E-state index contributed by atoms with van der Waals surface area (Å²) in [6, 6.07) is 5.15. The van der Waals surface area contributed by atoms with E-state index < -0.39 is 0 Å². The highest BCUT2D eigenvalue weighted by atomic mass is 19.1. The van der Waals surface area contributed by atoms with Crippen LogP contribution in [0.2, 0.25) is 0 Å². The molecule has 76 valence electrons. The molecule has 0 atom stereocenters. The van der Waals surface area contributed by atoms with E-state index in [9.17, 15) is 4.39 Å². The largest absolute Gasteiger partial charge is 0.319 e. The minimum absolute atomic E-state index is 0.138. The highest BCUT2D eigenvalue weighted by molar-refractivity contribution is 5.53. The molecule has 1 nitrogen and oxygen atoms in total. The standard InChI is InChI=1S/C12H16FN/c1-10-11(6-3-4-9-14-2)7-5-8-12(10)13/h3,5-8,14H,4,9H2,1-2H3. The highest BCUT2D eigenvalue weighted by Gasteiger charge is 1.98. The van der Waals surface area contributed by atoms with E-state index in [1.54, 1.807) is 13.0 Å². The van der Waals surface area contributed by atoms with Gasteiger partial charge in [0.05, 0.1) is 0 Å². The molecule has 1 rings (SSSR count). The Kier molecular flexibility index (Phi) is 4.33. The van der Waals surface area contributed by atoms with Gasteiger partial charge in [0, 0.05) is 0 Å². The van der Waals surface area contributed by atoms with Crippen LogP contribution < -0.4 is 5.32 Å². The maximum absolute atomic E-state index is 13.1. The van der Waals surface area contributed by atoms with Crippen LogP contribution in [-0.2, 0) is 0 Å². The summed E-state index contributed by atoms with van der Waals surface area (Å²) in [5.41, 5.74) is 1.68. The molecule has 1 N–H and O–H groups in total. The molecule has 0 aliphatic carbocycles. The van der Waals surface area contributed by atoms with Crippen molar-refractivity contribution >= 4 is 6.08 Å². The summed E-state index contributed by atoms with van der Waals surface area (Å²) in [5, 5.41) is 3.05. The van der Waals surface area contributed by atoms with Crippen LogP contribution in [0.25, 0.3) is 6.08 Å². The van der Waals surface area contributed by atoms with E-state index in [4.69, 9.17) is 0 Å². The summed E-state index contributed by atoms with van der Waals surface area (Å²) in [7, 11) is 1.92. The summed E-state index contributed by atoms with van der Waals surface area (Å²) >= 11 is 0. The zero-order chi connectivity index (χ0) is 10.4. The van der Waals surface area contributed by atoms with Gasteiger partial charge in [0.1, 0.15) is 5.82 Å². The smallest absolute Gasteiger partial charge is 0.126 e. The number of benzene rings is 1. The summed E-state index contributed by atoms with van der Waals surface area (Å²) in [4.78, 5) is 0. The fourth-order valence-electron chi connectivity index (χ4n) is 1.24. The molecule has 0 fully saturated rings. The van der Waals surface area contributed by atoms with Gasteiger partial charge in [-0.05, 0) is 44.1 Å². The SMILES string of the molecule is CNCCC=Cc1cccc(F)c1C. The molecule has 0 aliphatic rings. The average Bonchev–Trinajstić information content (AvgIpc) is 2.19. The van der Waals surface area contributed by atoms with E-state index in [2.05, 4.69) is 11.4 Å². The number of nitrogens with one attached hydrogen (secondary N) is 1. The first kappa shape index (κ1) is 10.9. The van der Waals surface area contributed by atoms with Gasteiger partial charge in [0.15, 0.2) is 0 Å². The molecule has 0 spiro atoms. The van der Waals surface area contributed by atoms with Crippen molar-refractivity contribution in [2.45, 2.75) is 13.3 Å². The average molecular weight is 193 g/mol. The first-order valence-electron chi connectivity index (χ1n) is 4.82. The minimum Gasteiger partial charge on any atom is -0.319 e. The Morgan fingerprint density at radius 3 is 2.93 bits per heavy atom. The fraction of sp³-hybridized carbons (Fsp3) is 0.333. The van der Waals surface area contributed by atoms with E-state index in [0.29, 0.717) is 5.56 Å². The lowest BCUT2D eigenvalue weighted by Crippen LogP contribution is -2.05. The van der Waals surface area contributed by atoms with Gasteiger partial charge < -0.3 is 5.32 Å². The van der Waals surface area contributed by atoms with E-state index in [-0.39, 0.29) is 5.82 Å². The van der Waals surface area contributed by atoms with Gasteiger partial charge in [-0.3, -0.25) is 0 Å². The zero-order valence-electron chi connectivity index (χ0n) is 8.68. The summed E-state index contributed by atoms with van der Waals surface area (Å²) in [5.74, 6) is -0.138. The van der Waals surface area contributed by atoms with E-state index in [1.165, 1.54) is 6.07 Å². The normalized spacial score (nSPS) is 11.1. The van der Waals surface area contributed by atoms with Gasteiger partial charge in [0.2, 0.25) is 0 Å². The van der Waals surface area contributed by atoms with Gasteiger partial charge in [-0.15, -0.1) is 0 Å². The summed E-state index contributed by atoms with van der Waals surface area (Å²) in [6.07, 6.45) is 4.99. The first-order valence-corrected chi connectivity index (χ1v) is 4.82. The van der Waals surface area contributed by atoms with Crippen molar-refractivity contribution < 1.29 is 4.39 Å². The highest BCUT2D eigenvalue weighted by Crippen LogP contribution is 2.13. The fourth-order valence-corrected chi connectivity index (χ4v) is 1.24. The van der Waals surface area contributed by atoms with Crippen molar-refractivity contribution in [3.8, 4) is 0 Å². The number of rotatable bonds is 4. The lowest BCUT2D eigenvalue weighted by atomic mass is 10.1. The minimum atomic E-state index is -0.138. The molecular weight excluding hydrogens is 177 g/mol. The Morgan fingerprint density at radius 2 is 2.21 bits per heavy atom. The van der Waals surface area contributed by atoms with Gasteiger partial charge in [-0.2, -0.15) is 0 Å². The van der Waals surface area contributed by atoms with Crippen LogP contribution in [-0.4, -0.2) is 13.6 Å². The maximum atomic E-state index is 13.1. The summed E-state index contributed by atoms with van der Waals surface area (Å²) < 4.78 is 13.1. The quantitative estimate of drug-likeness (QED) is 0.725. The molecule has 0 unspecified atom stereocenters. The van der Waals surface area contributed by atoms with Crippen molar-refractivity contribution in [1.29, 1.82) is 0 Å². The number of hydrogen-bond donors (Lipinski definition) is 1. The van der Waals surface area contributed by atoms with E-state index in [0.717, 1.165) is 18.5 Å². The van der Waals surface area contributed by atoms with Crippen LogP contribution in [0.3, 0.4) is 0 Å². The lowest BCUT2D eigenvalue weighted by molar-refractivity contribution is 0.618. The van der Waals surface area contributed by atoms with Gasteiger partial charge >= 0.3 is 0 Å². The Morgan fingerprint density at radius 1 is 1.43 bits per heavy atom. The Hall–Kier alpha value is -1.15. The third-order valence-electron chi connectivity index (χ3n) is 2.17. The lowest BCUT2D eigenvalue weighted by Gasteiger charge is -2.00. The van der Waals surface area contributed by atoms with Crippen LogP contribution in [0.5, 0.6) is 0 Å². The molecule has 0 aromatic heterocycles. The predicted octanol–water partition coefficient (Wildman–Crippen LogP) is 2.76. The van der Waals surface area contributed by atoms with Crippen LogP contribution in [0.15, 0.2) is 24.3 Å². The Labute approximate surface area is 84.6 Å². The third-order valence-corrected chi connectivity index (χ3v) is 2.17. The van der Waals surface area contributed by atoms with E-state index >= 15 is 0 Å². The van der Waals surface area contributed by atoms with Crippen LogP contribution in [0, 0.1) is 12.7 Å². The molecule has 2 heteroatoms. The Balaban J connectivity index is 2.67. The third kappa shape index (κ3) is 2.96. The Bertz CT molecular complexity index is 318. The second-order valence-corrected chi connectivity index (χ2v) is 3.25. The summed E-state index contributed by atoms with van der Waals surface area (Å²) in [6.45, 7) is 2.75. The number of hydrogen-bond acceptors (Lipinski definition) is 1. The molecule has 0 heterocycles. The van der Waals surface area contributed by atoms with Gasteiger partial charge in [-0.25, -0.2) is 4.39 Å². The molecule has 0 radical (unpaired) electrons. The van der Waals surface area contributed by atoms with Gasteiger partial charge in [-0.1, -0.05) is 24.3 Å². The molecule has 0 saturated carbocycles. The second-order valence-electron chi connectivity index (χ2n) is 3.25. The molecule has 0 saturated heterocycles. The molecule has 1 aromatic carbocycles. The molecule has 14 heavy (non-hydrogen) atoms. The number of halogens is 1. The van der Waals surface area contributed by atoms with Crippen molar-refractivity contribution in [3.05, 3.63) is 41.2 Å². The van der Waals surface area contributed by atoms with Gasteiger partial charge in [0.25, 0.3) is 0 Å². The topological polar surface area (TPSA) is 12.0 Å². The predicted molar refractivity (Wildman–Crippen MR) is 58.7 cm³/mol. The van der Waals surface area contributed by atoms with Crippen molar-refractivity contribution in [2.75, 3.05) is 13.6 Å².